The molecule has 0 aromatic carbocycles. The lowest BCUT2D eigenvalue weighted by Crippen LogP contribution is -2.40. The van der Waals surface area contributed by atoms with Crippen LogP contribution in [0.1, 0.15) is 29.1 Å². The van der Waals surface area contributed by atoms with E-state index in [1.54, 1.807) is 29.2 Å². The molecule has 7 heteroatoms. The van der Waals surface area contributed by atoms with Crippen molar-refractivity contribution in [1.82, 2.24) is 10.1 Å². The van der Waals surface area contributed by atoms with Gasteiger partial charge in [0.25, 0.3) is 5.91 Å². The van der Waals surface area contributed by atoms with Crippen molar-refractivity contribution < 1.29 is 14.1 Å². The molecular weight excluding hydrogens is 302 g/mol. The molecule has 0 unspecified atom stereocenters. The van der Waals surface area contributed by atoms with Crippen LogP contribution in [-0.4, -0.2) is 40.5 Å². The van der Waals surface area contributed by atoms with E-state index in [4.69, 9.17) is 4.52 Å². The Morgan fingerprint density at radius 2 is 2.32 bits per heavy atom. The number of rotatable bonds is 2. The molecule has 114 valence electrons. The van der Waals surface area contributed by atoms with Crippen molar-refractivity contribution >= 4 is 28.8 Å². The minimum atomic E-state index is -0.149. The quantitative estimate of drug-likeness (QED) is 0.850. The Bertz CT molecular complexity index is 724. The Balaban J connectivity index is 1.59. The highest BCUT2D eigenvalue weighted by atomic mass is 32.1. The molecular formula is C15H15N3O3S. The maximum absolute atomic E-state index is 12.6. The van der Waals surface area contributed by atoms with Crippen molar-refractivity contribution in [2.75, 3.05) is 11.4 Å². The molecule has 0 bridgehead atoms. The fourth-order valence-electron chi connectivity index (χ4n) is 3.44. The normalized spacial score (nSPS) is 24.1. The van der Waals surface area contributed by atoms with Crippen molar-refractivity contribution in [3.63, 3.8) is 0 Å². The van der Waals surface area contributed by atoms with Gasteiger partial charge < -0.3 is 14.3 Å². The summed E-state index contributed by atoms with van der Waals surface area (Å²) in [6.45, 7) is 2.40. The van der Waals surface area contributed by atoms with Crippen LogP contribution in [0.3, 0.4) is 0 Å². The zero-order chi connectivity index (χ0) is 15.3. The molecule has 2 saturated heterocycles. The monoisotopic (exact) mass is 317 g/mol. The Morgan fingerprint density at radius 1 is 1.45 bits per heavy atom. The first-order chi connectivity index (χ1) is 10.6. The summed E-state index contributed by atoms with van der Waals surface area (Å²) in [4.78, 5) is 28.6. The van der Waals surface area contributed by atoms with Gasteiger partial charge >= 0.3 is 0 Å². The highest BCUT2D eigenvalue weighted by Gasteiger charge is 2.49. The smallest absolute Gasteiger partial charge is 0.276 e. The van der Waals surface area contributed by atoms with Crippen LogP contribution in [0.2, 0.25) is 0 Å². The average Bonchev–Trinajstić information content (AvgIpc) is 3.21. The van der Waals surface area contributed by atoms with Crippen LogP contribution in [0, 0.1) is 6.92 Å². The summed E-state index contributed by atoms with van der Waals surface area (Å²) < 4.78 is 4.98. The molecule has 0 radical (unpaired) electrons. The molecule has 2 amide bonds. The molecule has 2 aliphatic rings. The second kappa shape index (κ2) is 4.95. The first-order valence-corrected chi connectivity index (χ1v) is 8.18. The van der Waals surface area contributed by atoms with Gasteiger partial charge in [0.15, 0.2) is 5.69 Å². The largest absolute Gasteiger partial charge is 0.361 e. The van der Waals surface area contributed by atoms with E-state index in [2.05, 4.69) is 5.16 Å². The molecule has 0 N–H and O–H groups in total. The molecule has 2 atom stereocenters. The van der Waals surface area contributed by atoms with Gasteiger partial charge in [0.1, 0.15) is 5.76 Å². The Labute approximate surface area is 131 Å². The van der Waals surface area contributed by atoms with E-state index >= 15 is 0 Å². The fraction of sp³-hybridized carbons (Fsp3) is 0.400. The standard InChI is InChI=1S/C15H15N3O3S/c1-9-6-11(16-21-9)15(20)17-4-2-12-13(17)7-14(19)18(12)10-3-5-22-8-10/h3,5-6,8,12-13H,2,4,7H2,1H3/t12-,13+/m0/s1. The van der Waals surface area contributed by atoms with E-state index in [-0.39, 0.29) is 23.9 Å². The highest BCUT2D eigenvalue weighted by molar-refractivity contribution is 7.08. The number of amides is 2. The van der Waals surface area contributed by atoms with Crippen molar-refractivity contribution in [3.05, 3.63) is 34.3 Å². The maximum atomic E-state index is 12.6. The molecule has 0 spiro atoms. The lowest BCUT2D eigenvalue weighted by atomic mass is 10.1. The van der Waals surface area contributed by atoms with Crippen LogP contribution in [0.15, 0.2) is 27.4 Å². The SMILES string of the molecule is Cc1cc(C(=O)N2CC[C@H]3[C@H]2CC(=O)N3c2ccsc2)no1. The summed E-state index contributed by atoms with van der Waals surface area (Å²) >= 11 is 1.57. The third-order valence-electron chi connectivity index (χ3n) is 4.39. The van der Waals surface area contributed by atoms with Crippen molar-refractivity contribution in [2.24, 2.45) is 0 Å². The highest BCUT2D eigenvalue weighted by Crippen LogP contribution is 2.37. The van der Waals surface area contributed by atoms with Crippen LogP contribution in [-0.2, 0) is 4.79 Å². The van der Waals surface area contributed by atoms with Gasteiger partial charge in [-0.3, -0.25) is 9.59 Å². The number of aryl methyl sites for hydroxylation is 1. The van der Waals surface area contributed by atoms with Gasteiger partial charge in [-0.15, -0.1) is 0 Å². The second-order valence-corrected chi connectivity index (χ2v) is 6.47. The van der Waals surface area contributed by atoms with E-state index in [1.165, 1.54) is 0 Å². The second-order valence-electron chi connectivity index (χ2n) is 5.69. The first-order valence-electron chi connectivity index (χ1n) is 7.23. The molecule has 2 aromatic rings. The lowest BCUT2D eigenvalue weighted by molar-refractivity contribution is -0.117. The number of thiophene rings is 1. The molecule has 6 nitrogen and oxygen atoms in total. The number of carbonyl (C=O) groups excluding carboxylic acids is 2. The number of nitrogens with zero attached hydrogens (tertiary/aromatic N) is 3. The van der Waals surface area contributed by atoms with Crippen molar-refractivity contribution in [1.29, 1.82) is 0 Å². The molecule has 2 aliphatic heterocycles. The van der Waals surface area contributed by atoms with E-state index in [0.29, 0.717) is 24.4 Å². The molecule has 2 aromatic heterocycles. The van der Waals surface area contributed by atoms with Crippen LogP contribution >= 0.6 is 11.3 Å². The zero-order valence-electron chi connectivity index (χ0n) is 12.1. The van der Waals surface area contributed by atoms with Crippen molar-refractivity contribution in [2.45, 2.75) is 31.8 Å². The summed E-state index contributed by atoms with van der Waals surface area (Å²) in [5.74, 6) is 0.549. The number of likely N-dealkylation sites (tertiary alicyclic amines) is 1. The predicted molar refractivity (Wildman–Crippen MR) is 80.9 cm³/mol. The zero-order valence-corrected chi connectivity index (χ0v) is 12.9. The van der Waals surface area contributed by atoms with Gasteiger partial charge in [-0.25, -0.2) is 0 Å². The third kappa shape index (κ3) is 1.96. The van der Waals surface area contributed by atoms with Gasteiger partial charge in [0.2, 0.25) is 5.91 Å². The molecule has 0 saturated carbocycles. The van der Waals surface area contributed by atoms with E-state index in [1.807, 2.05) is 21.7 Å². The van der Waals surface area contributed by atoms with Gasteiger partial charge in [0, 0.05) is 24.4 Å². The van der Waals surface area contributed by atoms with Crippen LogP contribution in [0.25, 0.3) is 0 Å². The van der Waals surface area contributed by atoms with Gasteiger partial charge in [-0.05, 0) is 24.8 Å². The van der Waals surface area contributed by atoms with Gasteiger partial charge in [-0.1, -0.05) is 5.16 Å². The summed E-state index contributed by atoms with van der Waals surface area (Å²) in [5, 5.41) is 7.74. The summed E-state index contributed by atoms with van der Waals surface area (Å²) in [6.07, 6.45) is 1.18. The molecule has 0 aliphatic carbocycles. The Hall–Kier alpha value is -2.15. The lowest BCUT2D eigenvalue weighted by Gasteiger charge is -2.24. The number of carbonyl (C=O) groups is 2. The van der Waals surface area contributed by atoms with Crippen LogP contribution in [0.5, 0.6) is 0 Å². The molecule has 4 rings (SSSR count). The maximum Gasteiger partial charge on any atom is 0.276 e. The first kappa shape index (κ1) is 13.5. The van der Waals surface area contributed by atoms with Gasteiger partial charge in [0.05, 0.1) is 17.8 Å². The van der Waals surface area contributed by atoms with E-state index < -0.39 is 0 Å². The minimum Gasteiger partial charge on any atom is -0.361 e. The average molecular weight is 317 g/mol. The topological polar surface area (TPSA) is 66.7 Å². The van der Waals surface area contributed by atoms with Gasteiger partial charge in [-0.2, -0.15) is 11.3 Å². The van der Waals surface area contributed by atoms with Crippen molar-refractivity contribution in [3.8, 4) is 0 Å². The van der Waals surface area contributed by atoms with Crippen LogP contribution in [0.4, 0.5) is 5.69 Å². The van der Waals surface area contributed by atoms with Crippen LogP contribution < -0.4 is 4.90 Å². The number of aromatic nitrogens is 1. The summed E-state index contributed by atoms with van der Waals surface area (Å²) in [5.41, 5.74) is 1.26. The number of anilines is 1. The van der Waals surface area contributed by atoms with E-state index in [9.17, 15) is 9.59 Å². The number of hydrogen-bond acceptors (Lipinski definition) is 5. The molecule has 2 fully saturated rings. The third-order valence-corrected chi connectivity index (χ3v) is 5.06. The summed E-state index contributed by atoms with van der Waals surface area (Å²) in [6, 6.07) is 3.59. The predicted octanol–water partition coefficient (Wildman–Crippen LogP) is 2.06. The summed E-state index contributed by atoms with van der Waals surface area (Å²) in [7, 11) is 0. The Morgan fingerprint density at radius 3 is 3.00 bits per heavy atom. The Kier molecular flexibility index (Phi) is 3.04. The fourth-order valence-corrected chi connectivity index (χ4v) is 4.07. The number of fused-ring (bicyclic) bond motifs is 1. The molecule has 4 heterocycles. The van der Waals surface area contributed by atoms with E-state index in [0.717, 1.165) is 12.1 Å². The number of hydrogen-bond donors (Lipinski definition) is 0. The minimum absolute atomic E-state index is 0.0686. The molecule has 22 heavy (non-hydrogen) atoms.